The molecule has 1 heterocycles. The number of methoxy groups -OCH3 is 1. The molecule has 0 saturated carbocycles. The van der Waals surface area contributed by atoms with Crippen LogP contribution in [0.5, 0.6) is 5.75 Å². The molecule has 2 aromatic rings. The number of amides is 1. The van der Waals surface area contributed by atoms with Crippen LogP contribution in [-0.4, -0.2) is 19.6 Å². The monoisotopic (exact) mass is 338 g/mol. The van der Waals surface area contributed by atoms with Gasteiger partial charge in [-0.25, -0.2) is 0 Å². The van der Waals surface area contributed by atoms with E-state index in [0.29, 0.717) is 12.3 Å². The second-order valence-electron chi connectivity index (χ2n) is 6.98. The first kappa shape index (κ1) is 17.5. The van der Waals surface area contributed by atoms with E-state index in [0.717, 1.165) is 35.5 Å². The number of fused-ring (bicyclic) bond motifs is 1. The molecule has 132 valence electrons. The zero-order valence-electron chi connectivity index (χ0n) is 15.2. The topological polar surface area (TPSA) is 55.6 Å². The molecule has 0 spiro atoms. The van der Waals surface area contributed by atoms with E-state index >= 15 is 0 Å². The van der Waals surface area contributed by atoms with Crippen LogP contribution >= 0.6 is 0 Å². The summed E-state index contributed by atoms with van der Waals surface area (Å²) in [6.07, 6.45) is 1.32. The molecule has 0 fully saturated rings. The molecule has 2 atom stereocenters. The first-order chi connectivity index (χ1) is 12.0. The fourth-order valence-electron chi connectivity index (χ4n) is 3.63. The van der Waals surface area contributed by atoms with Crippen molar-refractivity contribution in [2.24, 2.45) is 11.7 Å². The number of carbonyl (C=O) groups is 1. The van der Waals surface area contributed by atoms with Crippen molar-refractivity contribution in [3.8, 4) is 5.75 Å². The highest BCUT2D eigenvalue weighted by Crippen LogP contribution is 2.31. The number of para-hydroxylation sites is 1. The van der Waals surface area contributed by atoms with Gasteiger partial charge in [-0.2, -0.15) is 0 Å². The lowest BCUT2D eigenvalue weighted by molar-refractivity contribution is -0.119. The van der Waals surface area contributed by atoms with Gasteiger partial charge in [0.15, 0.2) is 0 Å². The van der Waals surface area contributed by atoms with Gasteiger partial charge in [-0.1, -0.05) is 31.2 Å². The van der Waals surface area contributed by atoms with Crippen molar-refractivity contribution in [2.75, 3.05) is 18.6 Å². The lowest BCUT2D eigenvalue weighted by atomic mass is 9.92. The minimum absolute atomic E-state index is 0.0849. The van der Waals surface area contributed by atoms with Crippen molar-refractivity contribution >= 4 is 11.6 Å². The molecular weight excluding hydrogens is 312 g/mol. The van der Waals surface area contributed by atoms with Crippen LogP contribution < -0.4 is 15.4 Å². The molecule has 0 aromatic heterocycles. The standard InChI is InChI=1S/C21H26N2O2/c1-14-10-16-6-4-5-7-20(16)23(13-14)21(24)12-19(22)18-9-8-17(25-3)11-15(18)2/h4-9,11,14,19H,10,12-13,22H2,1-3H3. The third-order valence-corrected chi connectivity index (χ3v) is 4.92. The number of hydrogen-bond donors (Lipinski definition) is 1. The van der Waals surface area contributed by atoms with Crippen molar-refractivity contribution in [3.63, 3.8) is 0 Å². The Kier molecular flexibility index (Phi) is 5.09. The molecule has 4 heteroatoms. The third kappa shape index (κ3) is 3.69. The van der Waals surface area contributed by atoms with Gasteiger partial charge in [-0.05, 0) is 54.2 Å². The lowest BCUT2D eigenvalue weighted by Gasteiger charge is -2.34. The minimum Gasteiger partial charge on any atom is -0.497 e. The second kappa shape index (κ2) is 7.28. The summed E-state index contributed by atoms with van der Waals surface area (Å²) in [5.74, 6) is 1.35. The smallest absolute Gasteiger partial charge is 0.228 e. The van der Waals surface area contributed by atoms with E-state index in [2.05, 4.69) is 13.0 Å². The highest BCUT2D eigenvalue weighted by molar-refractivity contribution is 5.95. The number of benzene rings is 2. The number of aryl methyl sites for hydroxylation is 1. The Balaban J connectivity index is 1.78. The van der Waals surface area contributed by atoms with Crippen LogP contribution in [0.25, 0.3) is 0 Å². The number of nitrogens with two attached hydrogens (primary N) is 1. The van der Waals surface area contributed by atoms with Gasteiger partial charge in [-0.3, -0.25) is 4.79 Å². The molecule has 0 bridgehead atoms. The number of ether oxygens (including phenoxy) is 1. The number of rotatable bonds is 4. The molecule has 3 rings (SSSR count). The summed E-state index contributed by atoms with van der Waals surface area (Å²) < 4.78 is 5.24. The summed E-state index contributed by atoms with van der Waals surface area (Å²) in [5, 5.41) is 0. The van der Waals surface area contributed by atoms with Crippen LogP contribution in [0.2, 0.25) is 0 Å². The van der Waals surface area contributed by atoms with Gasteiger partial charge < -0.3 is 15.4 Å². The highest BCUT2D eigenvalue weighted by atomic mass is 16.5. The van der Waals surface area contributed by atoms with E-state index in [4.69, 9.17) is 10.5 Å². The number of nitrogens with zero attached hydrogens (tertiary/aromatic N) is 1. The van der Waals surface area contributed by atoms with Crippen LogP contribution in [-0.2, 0) is 11.2 Å². The van der Waals surface area contributed by atoms with E-state index < -0.39 is 0 Å². The Hall–Kier alpha value is -2.33. The number of carbonyl (C=O) groups excluding carboxylic acids is 1. The molecule has 2 N–H and O–H groups in total. The lowest BCUT2D eigenvalue weighted by Crippen LogP contribution is -2.40. The van der Waals surface area contributed by atoms with Crippen molar-refractivity contribution in [3.05, 3.63) is 59.2 Å². The summed E-state index contributed by atoms with van der Waals surface area (Å²) in [5.41, 5.74) is 10.7. The summed E-state index contributed by atoms with van der Waals surface area (Å²) >= 11 is 0. The predicted octanol–water partition coefficient (Wildman–Crippen LogP) is 3.62. The Labute approximate surface area is 149 Å². The van der Waals surface area contributed by atoms with Gasteiger partial charge in [0.25, 0.3) is 0 Å². The van der Waals surface area contributed by atoms with E-state index in [1.807, 2.05) is 48.2 Å². The molecule has 1 amide bonds. The summed E-state index contributed by atoms with van der Waals surface area (Å²) in [4.78, 5) is 14.9. The number of hydrogen-bond acceptors (Lipinski definition) is 3. The Bertz CT molecular complexity index is 772. The van der Waals surface area contributed by atoms with Crippen molar-refractivity contribution in [1.82, 2.24) is 0 Å². The normalized spacial score (nSPS) is 17.8. The maximum atomic E-state index is 12.9. The Morgan fingerprint density at radius 2 is 2.08 bits per heavy atom. The molecular formula is C21H26N2O2. The van der Waals surface area contributed by atoms with Gasteiger partial charge in [0.2, 0.25) is 5.91 Å². The molecule has 4 nitrogen and oxygen atoms in total. The van der Waals surface area contributed by atoms with Gasteiger partial charge in [-0.15, -0.1) is 0 Å². The second-order valence-corrected chi connectivity index (χ2v) is 6.98. The van der Waals surface area contributed by atoms with E-state index in [-0.39, 0.29) is 11.9 Å². The van der Waals surface area contributed by atoms with Gasteiger partial charge in [0, 0.05) is 24.7 Å². The molecule has 2 unspecified atom stereocenters. The van der Waals surface area contributed by atoms with Crippen LogP contribution in [0.4, 0.5) is 5.69 Å². The zero-order chi connectivity index (χ0) is 18.0. The van der Waals surface area contributed by atoms with Crippen LogP contribution in [0.3, 0.4) is 0 Å². The molecule has 1 aliphatic heterocycles. The average molecular weight is 338 g/mol. The van der Waals surface area contributed by atoms with Crippen LogP contribution in [0.15, 0.2) is 42.5 Å². The Morgan fingerprint density at radius 1 is 1.32 bits per heavy atom. The largest absolute Gasteiger partial charge is 0.497 e. The van der Waals surface area contributed by atoms with E-state index in [1.54, 1.807) is 7.11 Å². The highest BCUT2D eigenvalue weighted by Gasteiger charge is 2.27. The molecule has 0 aliphatic carbocycles. The number of anilines is 1. The average Bonchev–Trinajstić information content (AvgIpc) is 2.60. The predicted molar refractivity (Wildman–Crippen MR) is 101 cm³/mol. The quantitative estimate of drug-likeness (QED) is 0.926. The minimum atomic E-state index is -0.317. The third-order valence-electron chi connectivity index (χ3n) is 4.92. The van der Waals surface area contributed by atoms with Crippen molar-refractivity contribution in [2.45, 2.75) is 32.7 Å². The van der Waals surface area contributed by atoms with Crippen molar-refractivity contribution < 1.29 is 9.53 Å². The summed E-state index contributed by atoms with van der Waals surface area (Å²) in [6.45, 7) is 4.94. The summed E-state index contributed by atoms with van der Waals surface area (Å²) in [6, 6.07) is 13.7. The molecule has 2 aromatic carbocycles. The first-order valence-corrected chi connectivity index (χ1v) is 8.78. The van der Waals surface area contributed by atoms with Crippen LogP contribution in [0.1, 0.15) is 36.1 Å². The fourth-order valence-corrected chi connectivity index (χ4v) is 3.63. The molecule has 0 saturated heterocycles. The molecule has 25 heavy (non-hydrogen) atoms. The van der Waals surface area contributed by atoms with Crippen LogP contribution in [0, 0.1) is 12.8 Å². The SMILES string of the molecule is COc1ccc(C(N)CC(=O)N2CC(C)Cc3ccccc32)c(C)c1. The molecule has 1 aliphatic rings. The Morgan fingerprint density at radius 3 is 2.80 bits per heavy atom. The van der Waals surface area contributed by atoms with Gasteiger partial charge >= 0.3 is 0 Å². The molecule has 0 radical (unpaired) electrons. The zero-order valence-corrected chi connectivity index (χ0v) is 15.2. The maximum absolute atomic E-state index is 12.9. The van der Waals surface area contributed by atoms with Gasteiger partial charge in [0.1, 0.15) is 5.75 Å². The summed E-state index contributed by atoms with van der Waals surface area (Å²) in [7, 11) is 1.65. The van der Waals surface area contributed by atoms with Crippen molar-refractivity contribution in [1.29, 1.82) is 0 Å². The van der Waals surface area contributed by atoms with E-state index in [1.165, 1.54) is 5.56 Å². The van der Waals surface area contributed by atoms with E-state index in [9.17, 15) is 4.79 Å². The fraction of sp³-hybridized carbons (Fsp3) is 0.381. The van der Waals surface area contributed by atoms with Gasteiger partial charge in [0.05, 0.1) is 7.11 Å². The first-order valence-electron chi connectivity index (χ1n) is 8.78. The maximum Gasteiger partial charge on any atom is 0.228 e.